The third-order valence-corrected chi connectivity index (χ3v) is 7.50. The van der Waals surface area contributed by atoms with Gasteiger partial charge in [-0.1, -0.05) is 36.4 Å². The summed E-state index contributed by atoms with van der Waals surface area (Å²) in [7, 11) is 0. The Morgan fingerprint density at radius 1 is 1.00 bits per heavy atom. The van der Waals surface area contributed by atoms with Crippen molar-refractivity contribution in [3.8, 4) is 16.9 Å². The second kappa shape index (κ2) is 18.4. The number of ether oxygens (including phenoxy) is 2. The van der Waals surface area contributed by atoms with Crippen molar-refractivity contribution in [1.82, 2.24) is 10.2 Å². The third-order valence-electron chi connectivity index (χ3n) is 7.50. The molecule has 50 heavy (non-hydrogen) atoms. The van der Waals surface area contributed by atoms with Gasteiger partial charge in [-0.3, -0.25) is 24.7 Å². The van der Waals surface area contributed by atoms with E-state index in [-0.39, 0.29) is 30.4 Å². The molecule has 1 fully saturated rings. The van der Waals surface area contributed by atoms with Crippen LogP contribution in [0.4, 0.5) is 18.9 Å². The molecule has 0 bridgehead atoms. The summed E-state index contributed by atoms with van der Waals surface area (Å²) in [6.45, 7) is 5.87. The van der Waals surface area contributed by atoms with Gasteiger partial charge in [0, 0.05) is 29.9 Å². The molecule has 2 amide bonds. The van der Waals surface area contributed by atoms with Gasteiger partial charge in [-0.2, -0.15) is 13.2 Å². The fraction of sp³-hybridized carbons (Fsp3) is 0.343. The van der Waals surface area contributed by atoms with Gasteiger partial charge in [-0.05, 0) is 74.2 Å². The SMILES string of the molecule is CCOC(=O)CN1CCC(Oc2ccc(C(C)NC(=O)CC(=O)Nc3ccc(C(=N)N)cc3)cc2-c2ccccc2)CC1.O=C(O)C(F)(F)F. The largest absolute Gasteiger partial charge is 0.490 e. The monoisotopic (exact) mass is 699 g/mol. The van der Waals surface area contributed by atoms with Crippen LogP contribution < -0.4 is 21.1 Å². The van der Waals surface area contributed by atoms with E-state index >= 15 is 0 Å². The highest BCUT2D eigenvalue weighted by atomic mass is 19.4. The van der Waals surface area contributed by atoms with Gasteiger partial charge in [0.2, 0.25) is 11.8 Å². The number of nitrogen functional groups attached to an aromatic ring is 1. The van der Waals surface area contributed by atoms with E-state index in [0.29, 0.717) is 24.4 Å². The highest BCUT2D eigenvalue weighted by molar-refractivity contribution is 6.04. The number of hydrogen-bond donors (Lipinski definition) is 5. The van der Waals surface area contributed by atoms with Gasteiger partial charge < -0.3 is 30.9 Å². The zero-order valence-corrected chi connectivity index (χ0v) is 27.6. The quantitative estimate of drug-likeness (QED) is 0.0761. The van der Waals surface area contributed by atoms with Crippen molar-refractivity contribution in [1.29, 1.82) is 5.41 Å². The van der Waals surface area contributed by atoms with Crippen molar-refractivity contribution in [2.45, 2.75) is 51.4 Å². The number of carbonyl (C=O) groups is 4. The van der Waals surface area contributed by atoms with Gasteiger partial charge in [-0.25, -0.2) is 4.79 Å². The van der Waals surface area contributed by atoms with E-state index in [2.05, 4.69) is 15.5 Å². The zero-order valence-electron chi connectivity index (χ0n) is 27.6. The first kappa shape index (κ1) is 39.0. The standard InChI is InChI=1S/C33H39N5O5.C2HF3O2/c1-3-42-32(41)21-38-17-15-27(16-18-38)43-29-14-11-25(19-28(29)23-7-5-4-6-8-23)22(2)36-30(39)20-31(40)37-26-12-9-24(10-13-26)33(34)35;3-2(4,5)1(6)7/h4-14,19,22,27H,3,15-18,20-21H2,1-2H3,(H3,34,35)(H,36,39)(H,37,40);(H,6,7). The van der Waals surface area contributed by atoms with Gasteiger partial charge in [0.25, 0.3) is 0 Å². The molecular weight excluding hydrogens is 659 g/mol. The molecule has 0 aliphatic carbocycles. The predicted molar refractivity (Wildman–Crippen MR) is 180 cm³/mol. The number of amides is 2. The lowest BCUT2D eigenvalue weighted by atomic mass is 9.98. The number of nitrogens with zero attached hydrogens (tertiary/aromatic N) is 1. The fourth-order valence-electron chi connectivity index (χ4n) is 4.98. The third kappa shape index (κ3) is 12.5. The Balaban J connectivity index is 0.000000872. The number of rotatable bonds is 12. The molecule has 15 heteroatoms. The second-order valence-electron chi connectivity index (χ2n) is 11.3. The van der Waals surface area contributed by atoms with E-state index in [4.69, 9.17) is 30.5 Å². The number of amidine groups is 1. The van der Waals surface area contributed by atoms with Crippen LogP contribution in [0.2, 0.25) is 0 Å². The number of esters is 1. The smallest absolute Gasteiger partial charge is 0.490 e. The predicted octanol–water partition coefficient (Wildman–Crippen LogP) is 4.88. The number of nitrogens with one attached hydrogen (secondary N) is 3. The van der Waals surface area contributed by atoms with Crippen LogP contribution in [0, 0.1) is 5.41 Å². The number of halogens is 3. The highest BCUT2D eigenvalue weighted by Gasteiger charge is 2.38. The summed E-state index contributed by atoms with van der Waals surface area (Å²) in [4.78, 5) is 48.0. The molecule has 0 radical (unpaired) electrons. The maximum Gasteiger partial charge on any atom is 0.490 e. The molecule has 1 unspecified atom stereocenters. The Bertz CT molecular complexity index is 1630. The number of carbonyl (C=O) groups excluding carboxylic acids is 3. The summed E-state index contributed by atoms with van der Waals surface area (Å²) in [5, 5.41) is 20.2. The number of alkyl halides is 3. The minimum atomic E-state index is -5.08. The maximum absolute atomic E-state index is 12.7. The number of hydrogen-bond acceptors (Lipinski definition) is 8. The fourth-order valence-corrected chi connectivity index (χ4v) is 4.98. The average Bonchev–Trinajstić information content (AvgIpc) is 3.06. The molecule has 1 atom stereocenters. The average molecular weight is 700 g/mol. The van der Waals surface area contributed by atoms with Crippen LogP contribution in [-0.2, 0) is 23.9 Å². The number of carboxylic acids is 1. The zero-order chi connectivity index (χ0) is 36.8. The Kier molecular flexibility index (Phi) is 14.3. The maximum atomic E-state index is 12.7. The van der Waals surface area contributed by atoms with Crippen LogP contribution in [0.15, 0.2) is 72.8 Å². The highest BCUT2D eigenvalue weighted by Crippen LogP contribution is 2.34. The van der Waals surface area contributed by atoms with E-state index in [1.54, 1.807) is 24.3 Å². The molecule has 268 valence electrons. The molecule has 4 rings (SSSR count). The molecule has 1 aliphatic heterocycles. The summed E-state index contributed by atoms with van der Waals surface area (Å²) < 4.78 is 43.3. The molecule has 0 saturated carbocycles. The number of aliphatic carboxylic acids is 1. The van der Waals surface area contributed by atoms with E-state index < -0.39 is 24.0 Å². The van der Waals surface area contributed by atoms with Crippen molar-refractivity contribution in [3.05, 3.63) is 83.9 Å². The van der Waals surface area contributed by atoms with Gasteiger partial charge in [-0.15, -0.1) is 0 Å². The topological polar surface area (TPSA) is 184 Å². The molecule has 0 aromatic heterocycles. The summed E-state index contributed by atoms with van der Waals surface area (Å²) in [6.07, 6.45) is -3.81. The van der Waals surface area contributed by atoms with E-state index in [1.165, 1.54) is 0 Å². The first-order valence-corrected chi connectivity index (χ1v) is 15.7. The van der Waals surface area contributed by atoms with Crippen LogP contribution in [0.5, 0.6) is 5.75 Å². The Hall–Kier alpha value is -5.44. The van der Waals surface area contributed by atoms with E-state index in [9.17, 15) is 27.6 Å². The summed E-state index contributed by atoms with van der Waals surface area (Å²) in [5.74, 6) is -3.11. The Labute approximate surface area is 287 Å². The molecular formula is C35H40F3N5O7. The number of benzene rings is 3. The number of anilines is 1. The van der Waals surface area contributed by atoms with Crippen molar-refractivity contribution >= 4 is 35.3 Å². The van der Waals surface area contributed by atoms with Gasteiger partial charge >= 0.3 is 18.1 Å². The lowest BCUT2D eigenvalue weighted by Gasteiger charge is -2.32. The van der Waals surface area contributed by atoms with Crippen LogP contribution in [0.3, 0.4) is 0 Å². The lowest BCUT2D eigenvalue weighted by Crippen LogP contribution is -2.41. The molecule has 1 saturated heterocycles. The van der Waals surface area contributed by atoms with Crippen molar-refractivity contribution in [2.24, 2.45) is 5.73 Å². The number of nitrogens with two attached hydrogens (primary N) is 1. The summed E-state index contributed by atoms with van der Waals surface area (Å²) in [5.41, 5.74) is 9.32. The lowest BCUT2D eigenvalue weighted by molar-refractivity contribution is -0.192. The molecule has 1 heterocycles. The van der Waals surface area contributed by atoms with Gasteiger partial charge in [0.15, 0.2) is 0 Å². The number of likely N-dealkylation sites (tertiary alicyclic amines) is 1. The van der Waals surface area contributed by atoms with Crippen molar-refractivity contribution < 1.29 is 46.9 Å². The molecule has 1 aliphatic rings. The van der Waals surface area contributed by atoms with E-state index in [0.717, 1.165) is 48.4 Å². The van der Waals surface area contributed by atoms with Crippen LogP contribution in [0.1, 0.15) is 50.3 Å². The Morgan fingerprint density at radius 2 is 1.62 bits per heavy atom. The molecule has 3 aromatic carbocycles. The van der Waals surface area contributed by atoms with Crippen molar-refractivity contribution in [3.63, 3.8) is 0 Å². The number of carboxylic acid groups (broad SMARTS) is 1. The normalized spacial score (nSPS) is 13.9. The van der Waals surface area contributed by atoms with Crippen LogP contribution >= 0.6 is 0 Å². The molecule has 3 aromatic rings. The molecule has 0 spiro atoms. The van der Waals surface area contributed by atoms with E-state index in [1.807, 2.05) is 62.4 Å². The van der Waals surface area contributed by atoms with Gasteiger partial charge in [0.05, 0.1) is 19.2 Å². The first-order chi connectivity index (χ1) is 23.7. The molecule has 12 nitrogen and oxygen atoms in total. The number of piperidine rings is 1. The minimum absolute atomic E-state index is 0.0149. The Morgan fingerprint density at radius 3 is 2.18 bits per heavy atom. The first-order valence-electron chi connectivity index (χ1n) is 15.7. The van der Waals surface area contributed by atoms with Crippen LogP contribution in [0.25, 0.3) is 11.1 Å². The van der Waals surface area contributed by atoms with Gasteiger partial charge in [0.1, 0.15) is 24.1 Å². The molecule has 6 N–H and O–H groups in total. The van der Waals surface area contributed by atoms with Crippen molar-refractivity contribution in [2.75, 3.05) is 31.6 Å². The second-order valence-corrected chi connectivity index (χ2v) is 11.3. The summed E-state index contributed by atoms with van der Waals surface area (Å²) >= 11 is 0. The summed E-state index contributed by atoms with van der Waals surface area (Å²) in [6, 6.07) is 22.0. The minimum Gasteiger partial charge on any atom is -0.490 e. The van der Waals surface area contributed by atoms with Crippen LogP contribution in [-0.4, -0.2) is 78.1 Å².